The van der Waals surface area contributed by atoms with E-state index in [1.807, 2.05) is 38.1 Å². The summed E-state index contributed by atoms with van der Waals surface area (Å²) in [6.07, 6.45) is 0. The number of carbonyl (C=O) groups excluding carboxylic acids is 1. The Morgan fingerprint density at radius 2 is 1.90 bits per heavy atom. The third-order valence-corrected chi connectivity index (χ3v) is 4.92. The molecule has 9 heteroatoms. The van der Waals surface area contributed by atoms with Crippen molar-refractivity contribution in [3.63, 3.8) is 0 Å². The van der Waals surface area contributed by atoms with E-state index in [9.17, 15) is 14.9 Å². The molecule has 8 nitrogen and oxygen atoms in total. The monoisotopic (exact) mass is 412 g/mol. The molecule has 1 amide bonds. The molecule has 3 rings (SSSR count). The number of ether oxygens (including phenoxy) is 1. The second-order valence-corrected chi connectivity index (χ2v) is 7.15. The van der Waals surface area contributed by atoms with Crippen LogP contribution in [0.5, 0.6) is 5.75 Å². The number of nitrogens with one attached hydrogen (secondary N) is 1. The number of non-ortho nitro benzene ring substituents is 1. The van der Waals surface area contributed by atoms with Gasteiger partial charge < -0.3 is 10.1 Å². The van der Waals surface area contributed by atoms with Crippen molar-refractivity contribution in [2.24, 2.45) is 0 Å². The first-order chi connectivity index (χ1) is 14.0. The number of anilines is 1. The summed E-state index contributed by atoms with van der Waals surface area (Å²) in [7, 11) is 0. The molecule has 0 unspecified atom stereocenters. The maximum Gasteiger partial charge on any atom is 0.269 e. The molecule has 0 aliphatic carbocycles. The maximum absolute atomic E-state index is 12.4. The van der Waals surface area contributed by atoms with E-state index in [-0.39, 0.29) is 17.3 Å². The lowest BCUT2D eigenvalue weighted by atomic mass is 10.3. The van der Waals surface area contributed by atoms with E-state index in [0.29, 0.717) is 18.1 Å². The van der Waals surface area contributed by atoms with E-state index in [0.717, 1.165) is 16.3 Å². The zero-order valence-electron chi connectivity index (χ0n) is 16.0. The average Bonchev–Trinajstić information content (AvgIpc) is 3.07. The van der Waals surface area contributed by atoms with Crippen LogP contribution in [0.1, 0.15) is 12.6 Å². The summed E-state index contributed by atoms with van der Waals surface area (Å²) in [6, 6.07) is 15.3. The summed E-state index contributed by atoms with van der Waals surface area (Å²) < 4.78 is 6.96. The topological polar surface area (TPSA) is 99.3 Å². The van der Waals surface area contributed by atoms with Crippen LogP contribution in [0, 0.1) is 17.0 Å². The number of hydrogen-bond donors (Lipinski definition) is 1. The highest BCUT2D eigenvalue weighted by Crippen LogP contribution is 2.23. The Hall–Kier alpha value is -3.33. The Labute approximate surface area is 172 Å². The molecule has 0 radical (unpaired) electrons. The number of benzene rings is 2. The molecule has 29 heavy (non-hydrogen) atoms. The molecule has 1 N–H and O–H groups in total. The normalized spacial score (nSPS) is 10.6. The largest absolute Gasteiger partial charge is 0.494 e. The van der Waals surface area contributed by atoms with Gasteiger partial charge in [-0.3, -0.25) is 14.9 Å². The van der Waals surface area contributed by atoms with Crippen molar-refractivity contribution in [1.82, 2.24) is 9.78 Å². The van der Waals surface area contributed by atoms with Crippen molar-refractivity contribution in [2.75, 3.05) is 17.7 Å². The minimum absolute atomic E-state index is 0.00466. The van der Waals surface area contributed by atoms with E-state index in [4.69, 9.17) is 4.74 Å². The number of carbonyl (C=O) groups is 1. The number of aryl methyl sites for hydroxylation is 1. The van der Waals surface area contributed by atoms with Gasteiger partial charge in [0.2, 0.25) is 5.91 Å². The van der Waals surface area contributed by atoms with Crippen LogP contribution in [-0.2, 0) is 4.79 Å². The van der Waals surface area contributed by atoms with Crippen molar-refractivity contribution < 1.29 is 14.5 Å². The molecular weight excluding hydrogens is 392 g/mol. The third kappa shape index (κ3) is 5.35. The molecule has 0 aliphatic heterocycles. The van der Waals surface area contributed by atoms with Gasteiger partial charge >= 0.3 is 0 Å². The Balaban J connectivity index is 1.65. The van der Waals surface area contributed by atoms with Crippen LogP contribution >= 0.6 is 11.8 Å². The fourth-order valence-corrected chi connectivity index (χ4v) is 3.33. The van der Waals surface area contributed by atoms with Gasteiger partial charge in [0.1, 0.15) is 11.6 Å². The summed E-state index contributed by atoms with van der Waals surface area (Å²) in [6.45, 7) is 4.35. The highest BCUT2D eigenvalue weighted by atomic mass is 32.2. The van der Waals surface area contributed by atoms with Crippen molar-refractivity contribution >= 4 is 29.2 Å². The molecule has 0 spiro atoms. The molecule has 0 fully saturated rings. The first-order valence-corrected chi connectivity index (χ1v) is 9.92. The molecule has 0 bridgehead atoms. The van der Waals surface area contributed by atoms with E-state index in [1.165, 1.54) is 23.9 Å². The van der Waals surface area contributed by atoms with Crippen LogP contribution in [0.2, 0.25) is 0 Å². The van der Waals surface area contributed by atoms with Crippen LogP contribution in [0.4, 0.5) is 11.5 Å². The van der Waals surface area contributed by atoms with Crippen LogP contribution in [-0.4, -0.2) is 33.0 Å². The number of nitro benzene ring substituents is 1. The summed E-state index contributed by atoms with van der Waals surface area (Å²) in [5.41, 5.74) is 1.34. The van der Waals surface area contributed by atoms with Crippen molar-refractivity contribution in [1.29, 1.82) is 0 Å². The summed E-state index contributed by atoms with van der Waals surface area (Å²) in [4.78, 5) is 23.7. The smallest absolute Gasteiger partial charge is 0.269 e. The van der Waals surface area contributed by atoms with Gasteiger partial charge in [0.25, 0.3) is 5.69 Å². The highest BCUT2D eigenvalue weighted by Gasteiger charge is 2.13. The summed E-state index contributed by atoms with van der Waals surface area (Å²) in [5.74, 6) is 1.36. The van der Waals surface area contributed by atoms with Crippen LogP contribution < -0.4 is 10.1 Å². The molecule has 1 aromatic heterocycles. The van der Waals surface area contributed by atoms with Gasteiger partial charge in [-0.1, -0.05) is 0 Å². The maximum atomic E-state index is 12.4. The van der Waals surface area contributed by atoms with Crippen molar-refractivity contribution in [2.45, 2.75) is 18.7 Å². The molecule has 150 valence electrons. The second-order valence-electron chi connectivity index (χ2n) is 6.10. The first-order valence-electron chi connectivity index (χ1n) is 8.93. The highest BCUT2D eigenvalue weighted by molar-refractivity contribution is 8.00. The van der Waals surface area contributed by atoms with Crippen molar-refractivity contribution in [3.8, 4) is 11.4 Å². The summed E-state index contributed by atoms with van der Waals surface area (Å²) >= 11 is 1.42. The van der Waals surface area contributed by atoms with Gasteiger partial charge in [0.15, 0.2) is 0 Å². The number of amides is 1. The number of rotatable bonds is 8. The predicted octanol–water partition coefficient (Wildman–Crippen LogP) is 4.22. The lowest BCUT2D eigenvalue weighted by Crippen LogP contribution is -2.16. The standard InChI is InChI=1S/C20H20N4O4S/c1-3-28-17-8-10-18(11-9-17)29-13-20(25)21-19-12-14(2)22-23(19)15-4-6-16(7-5-15)24(26)27/h4-12H,3,13H2,1-2H3,(H,21,25). The second kappa shape index (κ2) is 9.24. The Morgan fingerprint density at radius 1 is 1.21 bits per heavy atom. The van der Waals surface area contributed by atoms with E-state index in [2.05, 4.69) is 10.4 Å². The minimum Gasteiger partial charge on any atom is -0.494 e. The van der Waals surface area contributed by atoms with Gasteiger partial charge in [-0.15, -0.1) is 11.8 Å². The zero-order valence-corrected chi connectivity index (χ0v) is 16.8. The predicted molar refractivity (Wildman–Crippen MR) is 112 cm³/mol. The molecule has 0 aliphatic rings. The van der Waals surface area contributed by atoms with Crippen molar-refractivity contribution in [3.05, 3.63) is 70.4 Å². The minimum atomic E-state index is -0.459. The van der Waals surface area contributed by atoms with Gasteiger partial charge in [-0.25, -0.2) is 4.68 Å². The van der Waals surface area contributed by atoms with E-state index >= 15 is 0 Å². The quantitative estimate of drug-likeness (QED) is 0.338. The fraction of sp³-hybridized carbons (Fsp3) is 0.200. The molecule has 0 saturated heterocycles. The molecule has 2 aromatic carbocycles. The lowest BCUT2D eigenvalue weighted by Gasteiger charge is -2.09. The fourth-order valence-electron chi connectivity index (χ4n) is 2.63. The Morgan fingerprint density at radius 3 is 2.52 bits per heavy atom. The van der Waals surface area contributed by atoms with Crippen LogP contribution in [0.15, 0.2) is 59.5 Å². The number of hydrogen-bond acceptors (Lipinski definition) is 6. The SMILES string of the molecule is CCOc1ccc(SCC(=O)Nc2cc(C)nn2-c2ccc([N+](=O)[O-])cc2)cc1. The van der Waals surface area contributed by atoms with Gasteiger partial charge in [-0.05, 0) is 50.2 Å². The number of thioether (sulfide) groups is 1. The van der Waals surface area contributed by atoms with E-state index < -0.39 is 4.92 Å². The number of nitrogens with zero attached hydrogens (tertiary/aromatic N) is 3. The molecule has 3 aromatic rings. The van der Waals surface area contributed by atoms with E-state index in [1.54, 1.807) is 22.9 Å². The third-order valence-electron chi connectivity index (χ3n) is 3.91. The Bertz CT molecular complexity index is 1000. The Kier molecular flexibility index (Phi) is 6.50. The molecular formula is C20H20N4O4S. The molecule has 0 saturated carbocycles. The number of nitro groups is 1. The molecule has 1 heterocycles. The number of aromatic nitrogens is 2. The molecule has 0 atom stereocenters. The summed E-state index contributed by atoms with van der Waals surface area (Å²) in [5, 5.41) is 18.0. The zero-order chi connectivity index (χ0) is 20.8. The first kappa shape index (κ1) is 20.4. The van der Waals surface area contributed by atoms with Gasteiger partial charge in [-0.2, -0.15) is 5.10 Å². The van der Waals surface area contributed by atoms with Crippen LogP contribution in [0.3, 0.4) is 0 Å². The van der Waals surface area contributed by atoms with Gasteiger partial charge in [0, 0.05) is 23.1 Å². The average molecular weight is 412 g/mol. The van der Waals surface area contributed by atoms with Gasteiger partial charge in [0.05, 0.1) is 28.7 Å². The lowest BCUT2D eigenvalue weighted by molar-refractivity contribution is -0.384. The van der Waals surface area contributed by atoms with Crippen LogP contribution in [0.25, 0.3) is 5.69 Å².